The van der Waals surface area contributed by atoms with Gasteiger partial charge in [0.25, 0.3) is 0 Å². The first-order valence-corrected chi connectivity index (χ1v) is 7.88. The molecule has 0 radical (unpaired) electrons. The molecule has 2 aromatic carbocycles. The molecule has 0 aromatic heterocycles. The summed E-state index contributed by atoms with van der Waals surface area (Å²) < 4.78 is 10.4. The van der Waals surface area contributed by atoms with E-state index in [1.165, 1.54) is 20.3 Å². The lowest BCUT2D eigenvalue weighted by atomic mass is 9.85. The Labute approximate surface area is 145 Å². The van der Waals surface area contributed by atoms with Gasteiger partial charge in [0.1, 0.15) is 17.3 Å². The number of carbonyl (C=O) groups is 2. The Morgan fingerprint density at radius 1 is 0.920 bits per heavy atom. The van der Waals surface area contributed by atoms with Gasteiger partial charge in [-0.3, -0.25) is 9.59 Å². The number of ether oxygens (including phenoxy) is 2. The smallest absolute Gasteiger partial charge is 0.234 e. The van der Waals surface area contributed by atoms with Crippen LogP contribution in [-0.2, 0) is 11.2 Å². The molecule has 1 aliphatic carbocycles. The summed E-state index contributed by atoms with van der Waals surface area (Å²) in [6.07, 6.45) is 0.822. The van der Waals surface area contributed by atoms with Crippen LogP contribution >= 0.6 is 0 Å². The second-order valence-electron chi connectivity index (χ2n) is 5.72. The van der Waals surface area contributed by atoms with Crippen molar-refractivity contribution < 1.29 is 24.2 Å². The number of aliphatic hydroxyl groups excluding tert-OH is 1. The van der Waals surface area contributed by atoms with E-state index in [1.54, 1.807) is 6.07 Å². The fourth-order valence-corrected chi connectivity index (χ4v) is 2.96. The number of benzene rings is 2. The minimum absolute atomic E-state index is 0.0992. The van der Waals surface area contributed by atoms with Crippen LogP contribution in [0.15, 0.2) is 48.0 Å². The average molecular weight is 338 g/mol. The number of hydrogen-bond donors (Lipinski definition) is 1. The molecule has 3 rings (SSSR count). The van der Waals surface area contributed by atoms with Crippen molar-refractivity contribution >= 4 is 17.3 Å². The number of hydrogen-bond acceptors (Lipinski definition) is 5. The first-order valence-electron chi connectivity index (χ1n) is 7.88. The molecule has 1 aliphatic rings. The highest BCUT2D eigenvalue weighted by Gasteiger charge is 2.35. The molecule has 5 heteroatoms. The topological polar surface area (TPSA) is 72.8 Å². The van der Waals surface area contributed by atoms with Gasteiger partial charge in [0.15, 0.2) is 0 Å². The summed E-state index contributed by atoms with van der Waals surface area (Å²) in [5.74, 6) is -0.860. The largest absolute Gasteiger partial charge is 0.507 e. The van der Waals surface area contributed by atoms with Crippen molar-refractivity contribution in [1.82, 2.24) is 0 Å². The van der Waals surface area contributed by atoms with E-state index in [2.05, 4.69) is 0 Å². The summed E-state index contributed by atoms with van der Waals surface area (Å²) in [5.41, 5.74) is 1.48. The molecule has 0 saturated heterocycles. The maximum Gasteiger partial charge on any atom is 0.234 e. The van der Waals surface area contributed by atoms with Crippen LogP contribution in [0.2, 0.25) is 0 Å². The van der Waals surface area contributed by atoms with Crippen LogP contribution in [0.5, 0.6) is 11.5 Å². The molecular weight excluding hydrogens is 320 g/mol. The summed E-state index contributed by atoms with van der Waals surface area (Å²) in [6, 6.07) is 12.6. The van der Waals surface area contributed by atoms with E-state index in [4.69, 9.17) is 9.47 Å². The van der Waals surface area contributed by atoms with Gasteiger partial charge in [-0.15, -0.1) is 0 Å². The molecule has 1 N–H and O–H groups in total. The number of rotatable bonds is 5. The van der Waals surface area contributed by atoms with E-state index >= 15 is 0 Å². The lowest BCUT2D eigenvalue weighted by Crippen LogP contribution is -2.25. The molecule has 0 unspecified atom stereocenters. The number of ketones is 2. The minimum Gasteiger partial charge on any atom is -0.507 e. The van der Waals surface area contributed by atoms with Gasteiger partial charge >= 0.3 is 0 Å². The number of aliphatic hydroxyl groups is 1. The molecule has 25 heavy (non-hydrogen) atoms. The van der Waals surface area contributed by atoms with Crippen LogP contribution in [0.1, 0.15) is 27.9 Å². The lowest BCUT2D eigenvalue weighted by molar-refractivity contribution is -0.112. The third-order valence-corrected chi connectivity index (χ3v) is 4.29. The Kier molecular flexibility index (Phi) is 4.57. The standard InChI is InChI=1S/C20H18O5/c1-24-13-10-15-17(16(11-13)25-2)18(21)14(19(22)20(15)23)9-8-12-6-4-3-5-7-12/h3-7,10-11,21H,8-9H2,1-2H3. The second kappa shape index (κ2) is 6.81. The van der Waals surface area contributed by atoms with Crippen LogP contribution in [0.4, 0.5) is 0 Å². The van der Waals surface area contributed by atoms with Gasteiger partial charge in [-0.1, -0.05) is 30.3 Å². The van der Waals surface area contributed by atoms with Crippen molar-refractivity contribution in [1.29, 1.82) is 0 Å². The predicted octanol–water partition coefficient (Wildman–Crippen LogP) is 3.37. The first kappa shape index (κ1) is 16.8. The molecule has 0 aliphatic heterocycles. The minimum atomic E-state index is -0.684. The zero-order valence-corrected chi connectivity index (χ0v) is 14.0. The van der Waals surface area contributed by atoms with Crippen molar-refractivity contribution in [2.75, 3.05) is 14.2 Å². The molecule has 0 spiro atoms. The van der Waals surface area contributed by atoms with Crippen LogP contribution in [0.3, 0.4) is 0 Å². The molecule has 0 heterocycles. The average Bonchev–Trinajstić information content (AvgIpc) is 2.65. The Balaban J connectivity index is 2.05. The highest BCUT2D eigenvalue weighted by atomic mass is 16.5. The molecule has 0 fully saturated rings. The monoisotopic (exact) mass is 338 g/mol. The SMILES string of the molecule is COc1cc(OC)c2c(c1)C(=O)C(=O)C(CCc1ccccc1)=C2O. The number of allylic oxidation sites excluding steroid dienone is 1. The number of methoxy groups -OCH3 is 2. The van der Waals surface area contributed by atoms with E-state index in [0.29, 0.717) is 17.9 Å². The lowest BCUT2D eigenvalue weighted by Gasteiger charge is -2.21. The van der Waals surface area contributed by atoms with Gasteiger partial charge in [-0.05, 0) is 24.5 Å². The predicted molar refractivity (Wildman–Crippen MR) is 93.2 cm³/mol. The zero-order valence-electron chi connectivity index (χ0n) is 14.0. The first-order chi connectivity index (χ1) is 12.1. The van der Waals surface area contributed by atoms with Crippen LogP contribution in [-0.4, -0.2) is 30.9 Å². The van der Waals surface area contributed by atoms with E-state index in [1.807, 2.05) is 30.3 Å². The third-order valence-electron chi connectivity index (χ3n) is 4.29. The second-order valence-corrected chi connectivity index (χ2v) is 5.72. The molecule has 0 amide bonds. The summed E-state index contributed by atoms with van der Waals surface area (Å²) in [6.45, 7) is 0. The Hall–Kier alpha value is -3.08. The Morgan fingerprint density at radius 3 is 2.28 bits per heavy atom. The maximum absolute atomic E-state index is 12.5. The Bertz CT molecular complexity index is 865. The van der Waals surface area contributed by atoms with Gasteiger partial charge in [-0.25, -0.2) is 0 Å². The van der Waals surface area contributed by atoms with E-state index in [-0.39, 0.29) is 28.9 Å². The quantitative estimate of drug-likeness (QED) is 0.846. The summed E-state index contributed by atoms with van der Waals surface area (Å²) in [7, 11) is 2.89. The highest BCUT2D eigenvalue weighted by Crippen LogP contribution is 2.39. The van der Waals surface area contributed by atoms with Gasteiger partial charge in [0, 0.05) is 17.2 Å². The number of aryl methyl sites for hydroxylation is 1. The molecule has 5 nitrogen and oxygen atoms in total. The summed E-state index contributed by atoms with van der Waals surface area (Å²) in [4.78, 5) is 25.0. The molecule has 0 atom stereocenters. The molecule has 0 bridgehead atoms. The fourth-order valence-electron chi connectivity index (χ4n) is 2.96. The van der Waals surface area contributed by atoms with Gasteiger partial charge in [0.2, 0.25) is 11.6 Å². The molecular formula is C20H18O5. The third kappa shape index (κ3) is 3.01. The Morgan fingerprint density at radius 2 is 1.64 bits per heavy atom. The summed E-state index contributed by atoms with van der Waals surface area (Å²) >= 11 is 0. The summed E-state index contributed by atoms with van der Waals surface area (Å²) in [5, 5.41) is 10.6. The highest BCUT2D eigenvalue weighted by molar-refractivity contribution is 6.52. The van der Waals surface area contributed by atoms with Crippen LogP contribution < -0.4 is 9.47 Å². The molecule has 128 valence electrons. The normalized spacial score (nSPS) is 13.7. The van der Waals surface area contributed by atoms with Crippen molar-refractivity contribution in [3.8, 4) is 11.5 Å². The van der Waals surface area contributed by atoms with Gasteiger partial charge in [0.05, 0.1) is 19.8 Å². The van der Waals surface area contributed by atoms with Gasteiger partial charge in [-0.2, -0.15) is 0 Å². The van der Waals surface area contributed by atoms with Crippen LogP contribution in [0.25, 0.3) is 5.76 Å². The number of carbonyl (C=O) groups excluding carboxylic acids is 2. The maximum atomic E-state index is 12.5. The van der Waals surface area contributed by atoms with Crippen molar-refractivity contribution in [2.45, 2.75) is 12.8 Å². The van der Waals surface area contributed by atoms with E-state index < -0.39 is 11.6 Å². The number of Topliss-reactive ketones (excluding diaryl/α,β-unsaturated/α-hetero) is 2. The van der Waals surface area contributed by atoms with Crippen molar-refractivity contribution in [2.24, 2.45) is 0 Å². The fraction of sp³-hybridized carbons (Fsp3) is 0.200. The van der Waals surface area contributed by atoms with Crippen molar-refractivity contribution in [3.05, 3.63) is 64.7 Å². The zero-order chi connectivity index (χ0) is 18.0. The van der Waals surface area contributed by atoms with Gasteiger partial charge < -0.3 is 14.6 Å². The van der Waals surface area contributed by atoms with E-state index in [0.717, 1.165) is 5.56 Å². The molecule has 0 saturated carbocycles. The van der Waals surface area contributed by atoms with Crippen molar-refractivity contribution in [3.63, 3.8) is 0 Å². The number of fused-ring (bicyclic) bond motifs is 1. The molecule has 2 aromatic rings. The van der Waals surface area contributed by atoms with E-state index in [9.17, 15) is 14.7 Å². The van der Waals surface area contributed by atoms with Crippen LogP contribution in [0, 0.1) is 0 Å².